The van der Waals surface area contributed by atoms with E-state index < -0.39 is 9.84 Å². The van der Waals surface area contributed by atoms with Gasteiger partial charge in [0.15, 0.2) is 9.84 Å². The Morgan fingerprint density at radius 1 is 1.25 bits per heavy atom. The summed E-state index contributed by atoms with van der Waals surface area (Å²) in [6.07, 6.45) is 2.70. The zero-order valence-electron chi connectivity index (χ0n) is 9.61. The van der Waals surface area contributed by atoms with E-state index in [1.54, 1.807) is 12.1 Å². The first-order valence-electron chi connectivity index (χ1n) is 5.55. The summed E-state index contributed by atoms with van der Waals surface area (Å²) in [5.74, 6) is 1.33. The maximum Gasteiger partial charge on any atom is 0.157 e. The quantitative estimate of drug-likeness (QED) is 0.744. The van der Waals surface area contributed by atoms with Gasteiger partial charge >= 0.3 is 0 Å². The molecular weight excluding hydrogens is 226 g/mol. The van der Waals surface area contributed by atoms with Crippen LogP contribution in [0.25, 0.3) is 0 Å². The van der Waals surface area contributed by atoms with Crippen LogP contribution in [0.4, 0.5) is 0 Å². The predicted molar refractivity (Wildman–Crippen MR) is 63.6 cm³/mol. The van der Waals surface area contributed by atoms with Gasteiger partial charge in [-0.05, 0) is 18.6 Å². The molecule has 1 aromatic heterocycles. The largest absolute Gasteiger partial charge is 0.464 e. The van der Waals surface area contributed by atoms with Crippen LogP contribution in [0, 0.1) is 0 Å². The van der Waals surface area contributed by atoms with Gasteiger partial charge in [0.25, 0.3) is 0 Å². The second-order valence-corrected chi connectivity index (χ2v) is 6.06. The van der Waals surface area contributed by atoms with Crippen molar-refractivity contribution < 1.29 is 12.8 Å². The minimum Gasteiger partial charge on any atom is -0.464 e. The molecule has 92 valence electrons. The van der Waals surface area contributed by atoms with Crippen LogP contribution >= 0.6 is 0 Å². The third-order valence-corrected chi connectivity index (χ3v) is 3.97. The number of hydrogen-bond donors (Lipinski definition) is 1. The third kappa shape index (κ3) is 4.37. The van der Waals surface area contributed by atoms with E-state index in [9.17, 15) is 8.42 Å². The zero-order valence-corrected chi connectivity index (χ0v) is 10.4. The van der Waals surface area contributed by atoms with E-state index in [-0.39, 0.29) is 11.5 Å². The highest BCUT2D eigenvalue weighted by atomic mass is 32.2. The Hall–Kier alpha value is -0.810. The first-order valence-corrected chi connectivity index (χ1v) is 7.37. The van der Waals surface area contributed by atoms with Crippen molar-refractivity contribution in [3.05, 3.63) is 23.7 Å². The Balaban J connectivity index is 2.51. The van der Waals surface area contributed by atoms with Crippen LogP contribution in [-0.4, -0.2) is 14.2 Å². The smallest absolute Gasteiger partial charge is 0.157 e. The maximum absolute atomic E-state index is 11.7. The Kier molecular flexibility index (Phi) is 5.02. The lowest BCUT2D eigenvalue weighted by atomic mass is 10.3. The van der Waals surface area contributed by atoms with Gasteiger partial charge in [0.2, 0.25) is 0 Å². The van der Waals surface area contributed by atoms with E-state index in [1.165, 1.54) is 0 Å². The molecule has 0 spiro atoms. The molecule has 0 radical (unpaired) electrons. The molecule has 0 aromatic carbocycles. The van der Waals surface area contributed by atoms with E-state index in [0.717, 1.165) is 19.3 Å². The lowest BCUT2D eigenvalue weighted by molar-refractivity contribution is 0.477. The van der Waals surface area contributed by atoms with Crippen LogP contribution in [0.3, 0.4) is 0 Å². The van der Waals surface area contributed by atoms with Crippen molar-refractivity contribution in [2.45, 2.75) is 38.5 Å². The van der Waals surface area contributed by atoms with Crippen molar-refractivity contribution in [3.8, 4) is 0 Å². The predicted octanol–water partition coefficient (Wildman–Crippen LogP) is 1.84. The average molecular weight is 245 g/mol. The number of sulfone groups is 1. The number of nitrogens with two attached hydrogens (primary N) is 1. The molecule has 0 aliphatic carbocycles. The molecule has 1 aromatic rings. The van der Waals surface area contributed by atoms with Crippen molar-refractivity contribution in [2.24, 2.45) is 5.73 Å². The van der Waals surface area contributed by atoms with Crippen molar-refractivity contribution in [1.82, 2.24) is 0 Å². The summed E-state index contributed by atoms with van der Waals surface area (Å²) in [6, 6.07) is 3.40. The Morgan fingerprint density at radius 3 is 2.50 bits per heavy atom. The van der Waals surface area contributed by atoms with Gasteiger partial charge in [-0.1, -0.05) is 19.8 Å². The van der Waals surface area contributed by atoms with E-state index in [4.69, 9.17) is 10.2 Å². The summed E-state index contributed by atoms with van der Waals surface area (Å²) in [6.45, 7) is 2.35. The summed E-state index contributed by atoms with van der Waals surface area (Å²) in [5, 5.41) is 0. The van der Waals surface area contributed by atoms with Gasteiger partial charge in [0.1, 0.15) is 17.3 Å². The highest BCUT2D eigenvalue weighted by Crippen LogP contribution is 2.12. The van der Waals surface area contributed by atoms with Gasteiger partial charge in [-0.2, -0.15) is 0 Å². The minimum absolute atomic E-state index is 0.0171. The molecule has 0 saturated heterocycles. The molecule has 16 heavy (non-hydrogen) atoms. The molecule has 0 amide bonds. The Labute approximate surface area is 96.7 Å². The Bertz CT molecular complexity index is 409. The first kappa shape index (κ1) is 13.3. The average Bonchev–Trinajstić information content (AvgIpc) is 2.65. The molecule has 0 bridgehead atoms. The molecule has 1 heterocycles. The van der Waals surface area contributed by atoms with Gasteiger partial charge in [-0.15, -0.1) is 0 Å². The second kappa shape index (κ2) is 6.06. The molecule has 0 aliphatic heterocycles. The van der Waals surface area contributed by atoms with Crippen LogP contribution in [0.5, 0.6) is 0 Å². The van der Waals surface area contributed by atoms with Gasteiger partial charge in [0, 0.05) is 0 Å². The van der Waals surface area contributed by atoms with Crippen LogP contribution < -0.4 is 5.73 Å². The normalized spacial score (nSPS) is 11.9. The summed E-state index contributed by atoms with van der Waals surface area (Å²) in [4.78, 5) is 0. The molecule has 1 rings (SSSR count). The standard InChI is InChI=1S/C11H19NO3S/c1-2-3-4-7-16(13,14)9-11-6-5-10(8-12)15-11/h5-6H,2-4,7-9,12H2,1H3. The summed E-state index contributed by atoms with van der Waals surface area (Å²) >= 11 is 0. The highest BCUT2D eigenvalue weighted by Gasteiger charge is 2.14. The fraction of sp³-hybridized carbons (Fsp3) is 0.636. The van der Waals surface area contributed by atoms with E-state index in [1.807, 2.05) is 6.92 Å². The maximum atomic E-state index is 11.7. The third-order valence-electron chi connectivity index (χ3n) is 2.34. The topological polar surface area (TPSA) is 73.3 Å². The van der Waals surface area contributed by atoms with Crippen molar-refractivity contribution >= 4 is 9.84 Å². The van der Waals surface area contributed by atoms with E-state index in [2.05, 4.69) is 0 Å². The van der Waals surface area contributed by atoms with E-state index >= 15 is 0 Å². The molecule has 2 N–H and O–H groups in total. The SMILES string of the molecule is CCCCCS(=O)(=O)Cc1ccc(CN)o1. The van der Waals surface area contributed by atoms with Crippen molar-refractivity contribution in [2.75, 3.05) is 5.75 Å². The lowest BCUT2D eigenvalue weighted by Gasteiger charge is -2.01. The molecule has 0 fully saturated rings. The molecule has 5 heteroatoms. The van der Waals surface area contributed by atoms with Crippen molar-refractivity contribution in [3.63, 3.8) is 0 Å². The molecular formula is C11H19NO3S. The van der Waals surface area contributed by atoms with Crippen LogP contribution in [0.1, 0.15) is 37.7 Å². The van der Waals surface area contributed by atoms with E-state index in [0.29, 0.717) is 18.1 Å². The summed E-state index contributed by atoms with van der Waals surface area (Å²) in [7, 11) is -3.04. The Morgan fingerprint density at radius 2 is 1.94 bits per heavy atom. The van der Waals surface area contributed by atoms with Gasteiger partial charge in [0.05, 0.1) is 12.3 Å². The van der Waals surface area contributed by atoms with Crippen LogP contribution in [0.2, 0.25) is 0 Å². The molecule has 0 saturated carbocycles. The first-order chi connectivity index (χ1) is 7.57. The lowest BCUT2D eigenvalue weighted by Crippen LogP contribution is -2.08. The fourth-order valence-corrected chi connectivity index (χ4v) is 2.85. The van der Waals surface area contributed by atoms with Crippen molar-refractivity contribution in [1.29, 1.82) is 0 Å². The minimum atomic E-state index is -3.04. The summed E-state index contributed by atoms with van der Waals surface area (Å²) in [5.41, 5.74) is 5.38. The van der Waals surface area contributed by atoms with Gasteiger partial charge in [-0.3, -0.25) is 0 Å². The zero-order chi connectivity index (χ0) is 12.0. The van der Waals surface area contributed by atoms with Crippen LogP contribution in [-0.2, 0) is 22.1 Å². The number of hydrogen-bond acceptors (Lipinski definition) is 4. The summed E-state index contributed by atoms with van der Waals surface area (Å²) < 4.78 is 28.6. The van der Waals surface area contributed by atoms with Crippen LogP contribution in [0.15, 0.2) is 16.5 Å². The molecule has 4 nitrogen and oxygen atoms in total. The molecule has 0 aliphatic rings. The van der Waals surface area contributed by atoms with Gasteiger partial charge < -0.3 is 10.2 Å². The fourth-order valence-electron chi connectivity index (χ4n) is 1.47. The van der Waals surface area contributed by atoms with Gasteiger partial charge in [-0.25, -0.2) is 8.42 Å². The molecule has 0 unspecified atom stereocenters. The highest BCUT2D eigenvalue weighted by molar-refractivity contribution is 7.90. The number of furan rings is 1. The molecule has 0 atom stereocenters. The monoisotopic (exact) mass is 245 g/mol. The second-order valence-electron chi connectivity index (χ2n) is 3.87. The number of rotatable bonds is 7. The number of unbranched alkanes of at least 4 members (excludes halogenated alkanes) is 2.